The average molecular weight is 442 g/mol. The molecule has 1 saturated heterocycles. The van der Waals surface area contributed by atoms with Crippen LogP contribution in [0.5, 0.6) is 11.5 Å². The van der Waals surface area contributed by atoms with Crippen molar-refractivity contribution in [2.45, 2.75) is 6.04 Å². The Morgan fingerprint density at radius 1 is 1.00 bits per heavy atom. The Balaban J connectivity index is 1.70. The van der Waals surface area contributed by atoms with Crippen molar-refractivity contribution in [3.63, 3.8) is 0 Å². The summed E-state index contributed by atoms with van der Waals surface area (Å²) in [4.78, 5) is 19.6. The predicted octanol–water partition coefficient (Wildman–Crippen LogP) is 2.88. The van der Waals surface area contributed by atoms with E-state index in [0.29, 0.717) is 23.7 Å². The number of carbonyl (C=O) groups is 1. The first kappa shape index (κ1) is 23.7. The molecule has 2 aromatic rings. The van der Waals surface area contributed by atoms with Crippen molar-refractivity contribution in [2.24, 2.45) is 0 Å². The van der Waals surface area contributed by atoms with Crippen molar-refractivity contribution in [1.82, 2.24) is 15.1 Å². The monoisotopic (exact) mass is 441 g/mol. The molecule has 0 saturated carbocycles. The Bertz CT molecular complexity index is 857. The van der Waals surface area contributed by atoms with Crippen LogP contribution in [0, 0.1) is 0 Å². The largest absolute Gasteiger partial charge is 0.497 e. The fraction of sp³-hybridized carbons (Fsp3) is 0.458. The molecule has 0 spiro atoms. The molecule has 3 rings (SSSR count). The first-order valence-electron chi connectivity index (χ1n) is 10.9. The van der Waals surface area contributed by atoms with Crippen molar-refractivity contribution in [3.8, 4) is 11.5 Å². The number of rotatable bonds is 8. The first-order chi connectivity index (χ1) is 15.4. The van der Waals surface area contributed by atoms with Gasteiger partial charge in [0.2, 0.25) is 0 Å². The molecular weight excluding hydrogens is 406 g/mol. The van der Waals surface area contributed by atoms with Crippen LogP contribution in [0.2, 0.25) is 0 Å². The molecule has 8 heteroatoms. The van der Waals surface area contributed by atoms with E-state index in [1.807, 2.05) is 14.1 Å². The van der Waals surface area contributed by atoms with Gasteiger partial charge >= 0.3 is 6.03 Å². The molecule has 0 radical (unpaired) electrons. The maximum atomic E-state index is 12.7. The molecule has 0 aromatic heterocycles. The highest BCUT2D eigenvalue weighted by atomic mass is 16.5. The lowest BCUT2D eigenvalue weighted by Gasteiger charge is -2.38. The van der Waals surface area contributed by atoms with E-state index in [-0.39, 0.29) is 12.1 Å². The summed E-state index contributed by atoms with van der Waals surface area (Å²) in [7, 11) is 9.38. The lowest BCUT2D eigenvalue weighted by molar-refractivity contribution is 0.111. The zero-order valence-electron chi connectivity index (χ0n) is 19.7. The summed E-state index contributed by atoms with van der Waals surface area (Å²) in [5.41, 5.74) is 2.97. The number of ether oxygens (including phenoxy) is 2. The van der Waals surface area contributed by atoms with E-state index in [0.717, 1.165) is 31.9 Å². The molecule has 2 amide bonds. The highest BCUT2D eigenvalue weighted by molar-refractivity contribution is 5.89. The first-order valence-corrected chi connectivity index (χ1v) is 10.9. The minimum atomic E-state index is -0.260. The Hall–Kier alpha value is -2.97. The van der Waals surface area contributed by atoms with Gasteiger partial charge in [-0.2, -0.15) is 0 Å². The number of hydrogen-bond donors (Lipinski definition) is 2. The molecular formula is C24H35N5O3. The standard InChI is InChI=1S/C24H35N5O3/c1-27(2)20-8-6-18(7-9-20)23(29-12-10-28(3)11-13-29)17-25-24(30)26-19-14-21(31-4)16-22(15-19)32-5/h6-9,14-16,23H,10-13,17H2,1-5H3,(H2,25,26,30)/t23-/m0/s1. The highest BCUT2D eigenvalue weighted by Crippen LogP contribution is 2.26. The van der Waals surface area contributed by atoms with E-state index in [4.69, 9.17) is 9.47 Å². The summed E-state index contributed by atoms with van der Waals surface area (Å²) in [5.74, 6) is 1.24. The molecule has 0 unspecified atom stereocenters. The van der Waals surface area contributed by atoms with Gasteiger partial charge in [-0.1, -0.05) is 12.1 Å². The number of piperazine rings is 1. The number of nitrogens with zero attached hydrogens (tertiary/aromatic N) is 3. The zero-order valence-corrected chi connectivity index (χ0v) is 19.7. The van der Waals surface area contributed by atoms with Crippen molar-refractivity contribution in [1.29, 1.82) is 0 Å². The Kier molecular flexibility index (Phi) is 8.19. The molecule has 0 bridgehead atoms. The summed E-state index contributed by atoms with van der Waals surface area (Å²) in [6, 6.07) is 13.7. The van der Waals surface area contributed by atoms with Gasteiger partial charge in [-0.25, -0.2) is 4.79 Å². The molecule has 1 aliphatic heterocycles. The van der Waals surface area contributed by atoms with Gasteiger partial charge in [0.15, 0.2) is 0 Å². The highest BCUT2D eigenvalue weighted by Gasteiger charge is 2.24. The number of urea groups is 1. The molecule has 0 aliphatic carbocycles. The summed E-state index contributed by atoms with van der Waals surface area (Å²) < 4.78 is 10.6. The van der Waals surface area contributed by atoms with Crippen LogP contribution < -0.4 is 25.0 Å². The van der Waals surface area contributed by atoms with Gasteiger partial charge < -0.3 is 29.9 Å². The van der Waals surface area contributed by atoms with Crippen LogP contribution in [-0.2, 0) is 0 Å². The third-order valence-electron chi connectivity index (χ3n) is 5.84. The average Bonchev–Trinajstić information content (AvgIpc) is 2.80. The van der Waals surface area contributed by atoms with Crippen LogP contribution >= 0.6 is 0 Å². The number of nitrogens with one attached hydrogen (secondary N) is 2. The Labute approximate surface area is 191 Å². The maximum absolute atomic E-state index is 12.7. The number of likely N-dealkylation sites (N-methyl/N-ethyl adjacent to an activating group) is 1. The molecule has 1 heterocycles. The molecule has 1 atom stereocenters. The summed E-state index contributed by atoms with van der Waals surface area (Å²) in [5, 5.41) is 5.94. The van der Waals surface area contributed by atoms with E-state index in [2.05, 4.69) is 56.6 Å². The van der Waals surface area contributed by atoms with Crippen molar-refractivity contribution < 1.29 is 14.3 Å². The van der Waals surface area contributed by atoms with E-state index in [1.165, 1.54) is 5.56 Å². The maximum Gasteiger partial charge on any atom is 0.319 e. The number of methoxy groups -OCH3 is 2. The van der Waals surface area contributed by atoms with E-state index >= 15 is 0 Å². The number of carbonyl (C=O) groups excluding carboxylic acids is 1. The number of benzene rings is 2. The number of hydrogen-bond acceptors (Lipinski definition) is 6. The number of amides is 2. The van der Waals surface area contributed by atoms with Crippen LogP contribution in [0.25, 0.3) is 0 Å². The van der Waals surface area contributed by atoms with Gasteiger partial charge in [0.1, 0.15) is 11.5 Å². The van der Waals surface area contributed by atoms with Gasteiger partial charge in [0.25, 0.3) is 0 Å². The summed E-state index contributed by atoms with van der Waals surface area (Å²) in [6.45, 7) is 4.47. The van der Waals surface area contributed by atoms with Crippen molar-refractivity contribution in [2.75, 3.05) is 78.3 Å². The van der Waals surface area contributed by atoms with Gasteiger partial charge in [-0.15, -0.1) is 0 Å². The summed E-state index contributed by atoms with van der Waals surface area (Å²) in [6.07, 6.45) is 0. The van der Waals surface area contributed by atoms with Gasteiger partial charge in [-0.3, -0.25) is 4.90 Å². The zero-order chi connectivity index (χ0) is 23.1. The molecule has 8 nitrogen and oxygen atoms in total. The smallest absolute Gasteiger partial charge is 0.319 e. The topological polar surface area (TPSA) is 69.3 Å². The van der Waals surface area contributed by atoms with E-state index in [9.17, 15) is 4.79 Å². The molecule has 2 aromatic carbocycles. The van der Waals surface area contributed by atoms with Crippen molar-refractivity contribution >= 4 is 17.4 Å². The SMILES string of the molecule is COc1cc(NC(=O)NC[C@@H](c2ccc(N(C)C)cc2)N2CCN(C)CC2)cc(OC)c1. The molecule has 2 N–H and O–H groups in total. The van der Waals surface area contributed by atoms with Crippen LogP contribution in [0.4, 0.5) is 16.2 Å². The van der Waals surface area contributed by atoms with Gasteiger partial charge in [0.05, 0.1) is 20.3 Å². The lowest BCUT2D eigenvalue weighted by Crippen LogP contribution is -2.48. The molecule has 174 valence electrons. The molecule has 1 aliphatic rings. The van der Waals surface area contributed by atoms with Crippen LogP contribution in [0.1, 0.15) is 11.6 Å². The third kappa shape index (κ3) is 6.27. The second-order valence-electron chi connectivity index (χ2n) is 8.28. The minimum absolute atomic E-state index is 0.102. The van der Waals surface area contributed by atoms with Crippen LogP contribution in [0.3, 0.4) is 0 Å². The van der Waals surface area contributed by atoms with Crippen LogP contribution in [0.15, 0.2) is 42.5 Å². The quantitative estimate of drug-likeness (QED) is 0.657. The second kappa shape index (κ2) is 11.1. The lowest BCUT2D eigenvalue weighted by atomic mass is 10.0. The van der Waals surface area contributed by atoms with E-state index < -0.39 is 0 Å². The van der Waals surface area contributed by atoms with Gasteiger partial charge in [-0.05, 0) is 24.7 Å². The van der Waals surface area contributed by atoms with Gasteiger partial charge in [0, 0.05) is 76.4 Å². The Morgan fingerprint density at radius 2 is 1.59 bits per heavy atom. The fourth-order valence-corrected chi connectivity index (χ4v) is 3.83. The Morgan fingerprint density at radius 3 is 2.12 bits per heavy atom. The number of anilines is 2. The van der Waals surface area contributed by atoms with Crippen molar-refractivity contribution in [3.05, 3.63) is 48.0 Å². The third-order valence-corrected chi connectivity index (χ3v) is 5.84. The summed E-state index contributed by atoms with van der Waals surface area (Å²) >= 11 is 0. The fourth-order valence-electron chi connectivity index (χ4n) is 3.83. The van der Waals surface area contributed by atoms with Crippen LogP contribution in [-0.4, -0.2) is 83.9 Å². The molecule has 1 fully saturated rings. The predicted molar refractivity (Wildman–Crippen MR) is 129 cm³/mol. The molecule has 32 heavy (non-hydrogen) atoms. The normalized spacial score (nSPS) is 15.7. The minimum Gasteiger partial charge on any atom is -0.497 e. The second-order valence-corrected chi connectivity index (χ2v) is 8.28. The van der Waals surface area contributed by atoms with E-state index in [1.54, 1.807) is 32.4 Å².